The number of carbonyl (C=O) groups is 1. The van der Waals surface area contributed by atoms with Crippen molar-refractivity contribution in [3.63, 3.8) is 0 Å². The summed E-state index contributed by atoms with van der Waals surface area (Å²) in [5.74, 6) is -1.18. The standard InChI is InChI=1S/C15H18F4N2O/c16-12-3-1-10(2-4-12)13(9-15(17,18)19)21-14(22)11-5-7-20-8-6-11/h1-4,11,13,20H,5-9H2,(H,21,22). The molecule has 0 bridgehead atoms. The highest BCUT2D eigenvalue weighted by molar-refractivity contribution is 5.79. The quantitative estimate of drug-likeness (QED) is 0.838. The molecule has 1 amide bonds. The third-order valence-corrected chi connectivity index (χ3v) is 3.73. The number of benzene rings is 1. The Balaban J connectivity index is 2.10. The Morgan fingerprint density at radius 2 is 1.82 bits per heavy atom. The van der Waals surface area contributed by atoms with Crippen molar-refractivity contribution in [3.8, 4) is 0 Å². The molecule has 0 aromatic heterocycles. The normalized spacial score (nSPS) is 18.0. The van der Waals surface area contributed by atoms with E-state index >= 15 is 0 Å². The molecule has 22 heavy (non-hydrogen) atoms. The van der Waals surface area contributed by atoms with Gasteiger partial charge in [0.25, 0.3) is 0 Å². The third-order valence-electron chi connectivity index (χ3n) is 3.73. The van der Waals surface area contributed by atoms with E-state index in [2.05, 4.69) is 10.6 Å². The fourth-order valence-electron chi connectivity index (χ4n) is 2.55. The van der Waals surface area contributed by atoms with E-state index in [0.717, 1.165) is 12.1 Å². The maximum atomic E-state index is 12.9. The van der Waals surface area contributed by atoms with E-state index in [1.54, 1.807) is 0 Å². The van der Waals surface area contributed by atoms with E-state index in [1.165, 1.54) is 12.1 Å². The molecule has 1 aromatic rings. The van der Waals surface area contributed by atoms with Crippen molar-refractivity contribution in [1.82, 2.24) is 10.6 Å². The predicted octanol–water partition coefficient (Wildman–Crippen LogP) is 2.94. The zero-order chi connectivity index (χ0) is 16.2. The smallest absolute Gasteiger partial charge is 0.349 e. The Bertz CT molecular complexity index is 495. The molecule has 1 heterocycles. The molecule has 0 saturated carbocycles. The second kappa shape index (κ2) is 7.09. The van der Waals surface area contributed by atoms with Crippen LogP contribution >= 0.6 is 0 Å². The summed E-state index contributed by atoms with van der Waals surface area (Å²) in [4.78, 5) is 12.2. The number of alkyl halides is 3. The highest BCUT2D eigenvalue weighted by Gasteiger charge is 2.34. The predicted molar refractivity (Wildman–Crippen MR) is 73.5 cm³/mol. The van der Waals surface area contributed by atoms with Crippen LogP contribution in [0.5, 0.6) is 0 Å². The molecule has 1 aromatic carbocycles. The average molecular weight is 318 g/mol. The van der Waals surface area contributed by atoms with Crippen molar-refractivity contribution >= 4 is 5.91 Å². The topological polar surface area (TPSA) is 41.1 Å². The van der Waals surface area contributed by atoms with Crippen molar-refractivity contribution < 1.29 is 22.4 Å². The van der Waals surface area contributed by atoms with Gasteiger partial charge in [-0.05, 0) is 43.6 Å². The Morgan fingerprint density at radius 3 is 2.36 bits per heavy atom. The monoisotopic (exact) mass is 318 g/mol. The fourth-order valence-corrected chi connectivity index (χ4v) is 2.55. The van der Waals surface area contributed by atoms with Crippen LogP contribution < -0.4 is 10.6 Å². The molecule has 122 valence electrons. The van der Waals surface area contributed by atoms with Crippen LogP contribution in [0.3, 0.4) is 0 Å². The molecule has 0 radical (unpaired) electrons. The molecule has 1 atom stereocenters. The van der Waals surface area contributed by atoms with Gasteiger partial charge in [0.05, 0.1) is 12.5 Å². The van der Waals surface area contributed by atoms with Crippen molar-refractivity contribution in [2.24, 2.45) is 5.92 Å². The highest BCUT2D eigenvalue weighted by atomic mass is 19.4. The fraction of sp³-hybridized carbons (Fsp3) is 0.533. The van der Waals surface area contributed by atoms with Crippen LogP contribution in [0.15, 0.2) is 24.3 Å². The number of halogens is 4. The lowest BCUT2D eigenvalue weighted by Gasteiger charge is -2.26. The number of carbonyl (C=O) groups excluding carboxylic acids is 1. The first-order valence-electron chi connectivity index (χ1n) is 7.18. The van der Waals surface area contributed by atoms with Gasteiger partial charge in [0, 0.05) is 5.92 Å². The minimum atomic E-state index is -4.42. The van der Waals surface area contributed by atoms with Gasteiger partial charge in [0.15, 0.2) is 0 Å². The van der Waals surface area contributed by atoms with Crippen LogP contribution in [0.4, 0.5) is 17.6 Å². The van der Waals surface area contributed by atoms with Crippen molar-refractivity contribution in [2.75, 3.05) is 13.1 Å². The second-order valence-corrected chi connectivity index (χ2v) is 5.46. The first kappa shape index (κ1) is 16.7. The molecule has 0 spiro atoms. The number of hydrogen-bond donors (Lipinski definition) is 2. The van der Waals surface area contributed by atoms with Crippen LogP contribution in [0.2, 0.25) is 0 Å². The minimum absolute atomic E-state index is 0.251. The summed E-state index contributed by atoms with van der Waals surface area (Å²) >= 11 is 0. The zero-order valence-corrected chi connectivity index (χ0v) is 11.9. The number of amides is 1. The van der Waals surface area contributed by atoms with E-state index in [0.29, 0.717) is 25.9 Å². The largest absolute Gasteiger partial charge is 0.391 e. The molecule has 1 fully saturated rings. The van der Waals surface area contributed by atoms with Crippen LogP contribution in [-0.4, -0.2) is 25.2 Å². The van der Waals surface area contributed by atoms with Gasteiger partial charge in [-0.2, -0.15) is 13.2 Å². The van der Waals surface area contributed by atoms with Gasteiger partial charge in [-0.15, -0.1) is 0 Å². The molecule has 2 N–H and O–H groups in total. The van der Waals surface area contributed by atoms with Crippen LogP contribution in [0.25, 0.3) is 0 Å². The number of hydrogen-bond acceptors (Lipinski definition) is 2. The molecule has 1 unspecified atom stereocenters. The average Bonchev–Trinajstić information content (AvgIpc) is 2.47. The summed E-state index contributed by atoms with van der Waals surface area (Å²) < 4.78 is 51.1. The number of piperidine rings is 1. The maximum Gasteiger partial charge on any atom is 0.391 e. The van der Waals surface area contributed by atoms with Crippen molar-refractivity contribution in [1.29, 1.82) is 0 Å². The number of nitrogens with one attached hydrogen (secondary N) is 2. The van der Waals surface area contributed by atoms with Gasteiger partial charge >= 0.3 is 6.18 Å². The van der Waals surface area contributed by atoms with Gasteiger partial charge in [0.1, 0.15) is 5.82 Å². The van der Waals surface area contributed by atoms with Crippen LogP contribution in [-0.2, 0) is 4.79 Å². The molecule has 7 heteroatoms. The molecular weight excluding hydrogens is 300 g/mol. The summed E-state index contributed by atoms with van der Waals surface area (Å²) in [5, 5.41) is 5.57. The van der Waals surface area contributed by atoms with E-state index in [4.69, 9.17) is 0 Å². The van der Waals surface area contributed by atoms with E-state index in [9.17, 15) is 22.4 Å². The molecule has 2 rings (SSSR count). The van der Waals surface area contributed by atoms with Gasteiger partial charge in [0.2, 0.25) is 5.91 Å². The van der Waals surface area contributed by atoms with E-state index in [-0.39, 0.29) is 17.4 Å². The molecule has 1 saturated heterocycles. The summed E-state index contributed by atoms with van der Waals surface area (Å²) in [5.41, 5.74) is 0.251. The lowest BCUT2D eigenvalue weighted by molar-refractivity contribution is -0.144. The van der Waals surface area contributed by atoms with E-state index < -0.39 is 24.5 Å². The van der Waals surface area contributed by atoms with Crippen LogP contribution in [0.1, 0.15) is 30.9 Å². The lowest BCUT2D eigenvalue weighted by Crippen LogP contribution is -2.40. The lowest BCUT2D eigenvalue weighted by atomic mass is 9.95. The van der Waals surface area contributed by atoms with Gasteiger partial charge in [-0.3, -0.25) is 4.79 Å². The molecule has 1 aliphatic rings. The molecule has 1 aliphatic heterocycles. The summed E-state index contributed by atoms with van der Waals surface area (Å²) in [6, 6.07) is 3.54. The highest BCUT2D eigenvalue weighted by Crippen LogP contribution is 2.30. The Kier molecular flexibility index (Phi) is 5.39. The zero-order valence-electron chi connectivity index (χ0n) is 11.9. The first-order chi connectivity index (χ1) is 10.3. The van der Waals surface area contributed by atoms with E-state index in [1.807, 2.05) is 0 Å². The van der Waals surface area contributed by atoms with Crippen molar-refractivity contribution in [3.05, 3.63) is 35.6 Å². The molecule has 0 aliphatic carbocycles. The minimum Gasteiger partial charge on any atom is -0.349 e. The Labute approximate surface area is 126 Å². The Morgan fingerprint density at radius 1 is 1.23 bits per heavy atom. The second-order valence-electron chi connectivity index (χ2n) is 5.46. The first-order valence-corrected chi connectivity index (χ1v) is 7.18. The number of rotatable bonds is 4. The SMILES string of the molecule is O=C(NC(CC(F)(F)F)c1ccc(F)cc1)C1CCNCC1. The molecule has 3 nitrogen and oxygen atoms in total. The summed E-state index contributed by atoms with van der Waals surface area (Å²) in [6.07, 6.45) is -4.38. The maximum absolute atomic E-state index is 12.9. The van der Waals surface area contributed by atoms with Crippen LogP contribution in [0, 0.1) is 11.7 Å². The van der Waals surface area contributed by atoms with Gasteiger partial charge in [-0.1, -0.05) is 12.1 Å². The molecular formula is C15H18F4N2O. The van der Waals surface area contributed by atoms with Gasteiger partial charge < -0.3 is 10.6 Å². The Hall–Kier alpha value is -1.63. The summed E-state index contributed by atoms with van der Waals surface area (Å²) in [6.45, 7) is 1.36. The van der Waals surface area contributed by atoms with Crippen molar-refractivity contribution in [2.45, 2.75) is 31.5 Å². The summed E-state index contributed by atoms with van der Waals surface area (Å²) in [7, 11) is 0. The third kappa shape index (κ3) is 4.98. The van der Waals surface area contributed by atoms with Gasteiger partial charge in [-0.25, -0.2) is 4.39 Å².